The second kappa shape index (κ2) is 5.19. The number of amides is 1. The first-order chi connectivity index (χ1) is 6.65. The Kier molecular flexibility index (Phi) is 4.19. The van der Waals surface area contributed by atoms with Crippen LogP contribution in [0.3, 0.4) is 0 Å². The summed E-state index contributed by atoms with van der Waals surface area (Å²) in [6, 6.07) is 5.46. The smallest absolute Gasteiger partial charge is 0.250 e. The summed E-state index contributed by atoms with van der Waals surface area (Å²) in [6.45, 7) is 0. The van der Waals surface area contributed by atoms with Crippen molar-refractivity contribution in [3.8, 4) is 0 Å². The molecule has 0 radical (unpaired) electrons. The molecular formula is C10H13IN2O. The van der Waals surface area contributed by atoms with Gasteiger partial charge in [0.1, 0.15) is 0 Å². The Morgan fingerprint density at radius 2 is 2.14 bits per heavy atom. The number of halogens is 1. The zero-order chi connectivity index (χ0) is 10.6. The van der Waals surface area contributed by atoms with Crippen LogP contribution < -0.4 is 11.5 Å². The van der Waals surface area contributed by atoms with Crippen molar-refractivity contribution in [2.24, 2.45) is 5.73 Å². The fraction of sp³-hybridized carbons (Fsp3) is 0.300. The highest BCUT2D eigenvalue weighted by Gasteiger charge is 2.06. The molecule has 0 aromatic heterocycles. The molecule has 0 aliphatic carbocycles. The first-order valence-corrected chi connectivity index (χ1v) is 5.92. The molecule has 76 valence electrons. The van der Waals surface area contributed by atoms with Crippen LogP contribution in [-0.4, -0.2) is 10.3 Å². The molecule has 0 fully saturated rings. The zero-order valence-corrected chi connectivity index (χ0v) is 9.95. The van der Waals surface area contributed by atoms with Crippen molar-refractivity contribution in [3.63, 3.8) is 0 Å². The monoisotopic (exact) mass is 304 g/mol. The van der Waals surface area contributed by atoms with Gasteiger partial charge in [0, 0.05) is 5.69 Å². The Labute approximate surface area is 97.0 Å². The van der Waals surface area contributed by atoms with Gasteiger partial charge in [0.05, 0.1) is 5.56 Å². The van der Waals surface area contributed by atoms with Gasteiger partial charge in [0.15, 0.2) is 0 Å². The van der Waals surface area contributed by atoms with Crippen molar-refractivity contribution in [2.45, 2.75) is 12.8 Å². The van der Waals surface area contributed by atoms with Gasteiger partial charge in [-0.05, 0) is 35.0 Å². The molecule has 0 aliphatic heterocycles. The van der Waals surface area contributed by atoms with Crippen molar-refractivity contribution in [1.82, 2.24) is 0 Å². The molecule has 1 aromatic carbocycles. The molecule has 0 atom stereocenters. The van der Waals surface area contributed by atoms with Crippen LogP contribution >= 0.6 is 22.6 Å². The third kappa shape index (κ3) is 2.87. The number of benzene rings is 1. The van der Waals surface area contributed by atoms with E-state index in [0.717, 1.165) is 22.8 Å². The van der Waals surface area contributed by atoms with Gasteiger partial charge in [-0.2, -0.15) is 0 Å². The maximum atomic E-state index is 11.0. The number of carbonyl (C=O) groups excluding carboxylic acids is 1. The molecule has 0 heterocycles. The number of rotatable bonds is 4. The minimum atomic E-state index is -0.459. The molecule has 0 spiro atoms. The lowest BCUT2D eigenvalue weighted by molar-refractivity contribution is 0.100. The lowest BCUT2D eigenvalue weighted by atomic mass is 10.0. The maximum Gasteiger partial charge on any atom is 0.250 e. The van der Waals surface area contributed by atoms with Gasteiger partial charge in [-0.1, -0.05) is 28.7 Å². The Balaban J connectivity index is 2.89. The SMILES string of the molecule is NC(=O)c1cc(CCCI)ccc1N. The van der Waals surface area contributed by atoms with Crippen LogP contribution in [0.2, 0.25) is 0 Å². The van der Waals surface area contributed by atoms with E-state index >= 15 is 0 Å². The number of nitrogens with two attached hydrogens (primary N) is 2. The molecule has 4 heteroatoms. The molecule has 4 N–H and O–H groups in total. The second-order valence-corrected chi connectivity index (χ2v) is 4.16. The fourth-order valence-corrected chi connectivity index (χ4v) is 1.62. The topological polar surface area (TPSA) is 69.1 Å². The summed E-state index contributed by atoms with van der Waals surface area (Å²) in [5.41, 5.74) is 12.8. The lowest BCUT2D eigenvalue weighted by Gasteiger charge is -2.04. The van der Waals surface area contributed by atoms with Gasteiger partial charge in [0.2, 0.25) is 0 Å². The summed E-state index contributed by atoms with van der Waals surface area (Å²) in [4.78, 5) is 11.0. The summed E-state index contributed by atoms with van der Waals surface area (Å²) in [7, 11) is 0. The number of primary amides is 1. The highest BCUT2D eigenvalue weighted by atomic mass is 127. The molecular weight excluding hydrogens is 291 g/mol. The predicted octanol–water partition coefficient (Wildman–Crippen LogP) is 1.74. The highest BCUT2D eigenvalue weighted by Crippen LogP contribution is 2.15. The van der Waals surface area contributed by atoms with Crippen molar-refractivity contribution < 1.29 is 4.79 Å². The van der Waals surface area contributed by atoms with Crippen LogP contribution in [0.5, 0.6) is 0 Å². The van der Waals surface area contributed by atoms with Crippen molar-refractivity contribution in [1.29, 1.82) is 0 Å². The van der Waals surface area contributed by atoms with Crippen LogP contribution in [0.1, 0.15) is 22.3 Å². The van der Waals surface area contributed by atoms with Crippen LogP contribution in [0.25, 0.3) is 0 Å². The van der Waals surface area contributed by atoms with E-state index in [1.807, 2.05) is 6.07 Å². The Morgan fingerprint density at radius 1 is 1.43 bits per heavy atom. The van der Waals surface area contributed by atoms with E-state index in [4.69, 9.17) is 11.5 Å². The van der Waals surface area contributed by atoms with Gasteiger partial charge in [0.25, 0.3) is 5.91 Å². The number of hydrogen-bond donors (Lipinski definition) is 2. The lowest BCUT2D eigenvalue weighted by Crippen LogP contribution is -2.13. The van der Waals surface area contributed by atoms with Crippen LogP contribution in [0.4, 0.5) is 5.69 Å². The van der Waals surface area contributed by atoms with Gasteiger partial charge in [-0.15, -0.1) is 0 Å². The first kappa shape index (κ1) is 11.3. The fourth-order valence-electron chi connectivity index (χ4n) is 1.24. The van der Waals surface area contributed by atoms with Crippen LogP contribution in [0.15, 0.2) is 18.2 Å². The number of carbonyl (C=O) groups is 1. The molecule has 0 aliphatic rings. The largest absolute Gasteiger partial charge is 0.398 e. The Bertz CT molecular complexity index is 339. The minimum absolute atomic E-state index is 0.427. The number of anilines is 1. The van der Waals surface area contributed by atoms with Gasteiger partial charge in [-0.3, -0.25) is 4.79 Å². The number of hydrogen-bond acceptors (Lipinski definition) is 2. The standard InChI is InChI=1S/C10H13IN2O/c11-5-1-2-7-3-4-9(12)8(6-7)10(13)14/h3-4,6H,1-2,5,12H2,(H2,13,14). The average molecular weight is 304 g/mol. The van der Waals surface area contributed by atoms with E-state index in [9.17, 15) is 4.79 Å². The molecule has 0 bridgehead atoms. The van der Waals surface area contributed by atoms with Crippen molar-refractivity contribution >= 4 is 34.2 Å². The van der Waals surface area contributed by atoms with Crippen LogP contribution in [0, 0.1) is 0 Å². The Hall–Kier alpha value is -0.780. The normalized spacial score (nSPS) is 10.1. The van der Waals surface area contributed by atoms with Crippen molar-refractivity contribution in [2.75, 3.05) is 10.2 Å². The minimum Gasteiger partial charge on any atom is -0.398 e. The summed E-state index contributed by atoms with van der Waals surface area (Å²) >= 11 is 2.33. The van der Waals surface area contributed by atoms with Gasteiger partial charge < -0.3 is 11.5 Å². The molecule has 0 saturated heterocycles. The van der Waals surface area contributed by atoms with Crippen molar-refractivity contribution in [3.05, 3.63) is 29.3 Å². The van der Waals surface area contributed by atoms with E-state index in [1.54, 1.807) is 12.1 Å². The zero-order valence-electron chi connectivity index (χ0n) is 7.79. The second-order valence-electron chi connectivity index (χ2n) is 3.08. The number of alkyl halides is 1. The van der Waals surface area contributed by atoms with Gasteiger partial charge >= 0.3 is 0 Å². The molecule has 0 saturated carbocycles. The average Bonchev–Trinajstić information content (AvgIpc) is 2.16. The highest BCUT2D eigenvalue weighted by molar-refractivity contribution is 14.1. The number of nitrogen functional groups attached to an aromatic ring is 1. The molecule has 14 heavy (non-hydrogen) atoms. The van der Waals surface area contributed by atoms with Crippen LogP contribution in [-0.2, 0) is 6.42 Å². The quantitative estimate of drug-likeness (QED) is 0.505. The summed E-state index contributed by atoms with van der Waals surface area (Å²) in [5.74, 6) is -0.459. The predicted molar refractivity (Wildman–Crippen MR) is 66.6 cm³/mol. The first-order valence-electron chi connectivity index (χ1n) is 4.39. The molecule has 0 unspecified atom stereocenters. The van der Waals surface area contributed by atoms with E-state index in [-0.39, 0.29) is 0 Å². The number of aryl methyl sites for hydroxylation is 1. The molecule has 1 amide bonds. The third-order valence-electron chi connectivity index (χ3n) is 1.98. The molecule has 3 nitrogen and oxygen atoms in total. The summed E-state index contributed by atoms with van der Waals surface area (Å²) in [5, 5.41) is 0. The molecule has 1 aromatic rings. The Morgan fingerprint density at radius 3 is 2.71 bits per heavy atom. The maximum absolute atomic E-state index is 11.0. The van der Waals surface area contributed by atoms with E-state index in [0.29, 0.717) is 11.3 Å². The molecule has 1 rings (SSSR count). The third-order valence-corrected chi connectivity index (χ3v) is 2.75. The summed E-state index contributed by atoms with van der Waals surface area (Å²) in [6.07, 6.45) is 2.06. The van der Waals surface area contributed by atoms with E-state index in [2.05, 4.69) is 22.6 Å². The van der Waals surface area contributed by atoms with E-state index in [1.165, 1.54) is 0 Å². The van der Waals surface area contributed by atoms with Gasteiger partial charge in [-0.25, -0.2) is 0 Å². The summed E-state index contributed by atoms with van der Waals surface area (Å²) < 4.78 is 1.11. The van der Waals surface area contributed by atoms with E-state index < -0.39 is 5.91 Å².